The maximum Gasteiger partial charge on any atom is 0.222 e. The molecule has 0 aliphatic heterocycles. The molecule has 0 bridgehead atoms. The van der Waals surface area contributed by atoms with Crippen LogP contribution in [0.4, 0.5) is 11.8 Å². The first kappa shape index (κ1) is 15.5. The maximum absolute atomic E-state index is 9.21. The van der Waals surface area contributed by atoms with Crippen molar-refractivity contribution in [3.63, 3.8) is 0 Å². The van der Waals surface area contributed by atoms with Gasteiger partial charge >= 0.3 is 0 Å². The van der Waals surface area contributed by atoms with E-state index in [2.05, 4.69) is 36.1 Å². The summed E-state index contributed by atoms with van der Waals surface area (Å²) in [6, 6.07) is 4.21. The fourth-order valence-corrected chi connectivity index (χ4v) is 2.60. The van der Waals surface area contributed by atoms with Gasteiger partial charge < -0.3 is 16.2 Å². The van der Waals surface area contributed by atoms with E-state index in [1.807, 2.05) is 12.1 Å². The Morgan fingerprint density at radius 2 is 2.00 bits per heavy atom. The lowest BCUT2D eigenvalue weighted by Crippen LogP contribution is -2.22. The minimum absolute atomic E-state index is 0.161. The Morgan fingerprint density at radius 1 is 1.24 bits per heavy atom. The van der Waals surface area contributed by atoms with Crippen LogP contribution >= 0.6 is 0 Å². The highest BCUT2D eigenvalue weighted by Gasteiger charge is 2.14. The molecule has 0 fully saturated rings. The van der Waals surface area contributed by atoms with E-state index >= 15 is 0 Å². The van der Waals surface area contributed by atoms with Gasteiger partial charge in [0, 0.05) is 18.0 Å². The first-order chi connectivity index (χ1) is 10.1. The van der Waals surface area contributed by atoms with Crippen LogP contribution in [0, 0.1) is 13.8 Å². The van der Waals surface area contributed by atoms with Gasteiger partial charge in [0.15, 0.2) is 0 Å². The van der Waals surface area contributed by atoms with Gasteiger partial charge in [-0.25, -0.2) is 4.98 Å². The van der Waals surface area contributed by atoms with E-state index in [0.29, 0.717) is 6.42 Å². The van der Waals surface area contributed by atoms with Crippen molar-refractivity contribution in [3.8, 4) is 0 Å². The summed E-state index contributed by atoms with van der Waals surface area (Å²) in [4.78, 5) is 8.70. The third-order valence-corrected chi connectivity index (χ3v) is 3.87. The SMILES string of the molecule is CCC[C@@H](CCO)Nc1nc(N)nc2ccc(C)c(C)c12. The average Bonchev–Trinajstić information content (AvgIpc) is 2.43. The van der Waals surface area contributed by atoms with E-state index in [-0.39, 0.29) is 18.6 Å². The number of aromatic nitrogens is 2. The number of hydrogen-bond acceptors (Lipinski definition) is 5. The fourth-order valence-electron chi connectivity index (χ4n) is 2.60. The Bertz CT molecular complexity index is 621. The van der Waals surface area contributed by atoms with Crippen molar-refractivity contribution in [2.75, 3.05) is 17.7 Å². The van der Waals surface area contributed by atoms with E-state index in [9.17, 15) is 5.11 Å². The predicted octanol–water partition coefficient (Wildman–Crippen LogP) is 2.79. The topological polar surface area (TPSA) is 84.1 Å². The Balaban J connectivity index is 2.48. The second-order valence-electron chi connectivity index (χ2n) is 5.47. The lowest BCUT2D eigenvalue weighted by atomic mass is 10.0. The van der Waals surface area contributed by atoms with Gasteiger partial charge in [-0.1, -0.05) is 19.4 Å². The van der Waals surface area contributed by atoms with Crippen LogP contribution in [0.25, 0.3) is 10.9 Å². The van der Waals surface area contributed by atoms with Gasteiger partial charge in [0.2, 0.25) is 5.95 Å². The van der Waals surface area contributed by atoms with Crippen LogP contribution in [0.15, 0.2) is 12.1 Å². The number of aryl methyl sites for hydroxylation is 2. The van der Waals surface area contributed by atoms with E-state index in [1.54, 1.807) is 0 Å². The zero-order chi connectivity index (χ0) is 15.4. The Kier molecular flexibility index (Phi) is 4.96. The van der Waals surface area contributed by atoms with Crippen LogP contribution in [-0.4, -0.2) is 27.7 Å². The zero-order valence-corrected chi connectivity index (χ0v) is 13.0. The monoisotopic (exact) mass is 288 g/mol. The number of nitrogens with zero attached hydrogens (tertiary/aromatic N) is 2. The summed E-state index contributed by atoms with van der Waals surface area (Å²) in [5, 5.41) is 13.7. The molecule has 1 aromatic heterocycles. The van der Waals surface area contributed by atoms with E-state index in [0.717, 1.165) is 35.1 Å². The number of hydrogen-bond donors (Lipinski definition) is 3. The van der Waals surface area contributed by atoms with Gasteiger partial charge in [0.1, 0.15) is 5.82 Å². The molecular formula is C16H24N4O. The molecule has 0 aliphatic rings. The van der Waals surface area contributed by atoms with Gasteiger partial charge in [-0.05, 0) is 43.9 Å². The Morgan fingerprint density at radius 3 is 2.67 bits per heavy atom. The molecule has 5 heteroatoms. The van der Waals surface area contributed by atoms with E-state index in [1.165, 1.54) is 5.56 Å². The second-order valence-corrected chi connectivity index (χ2v) is 5.47. The summed E-state index contributed by atoms with van der Waals surface area (Å²) in [6.45, 7) is 6.44. The predicted molar refractivity (Wildman–Crippen MR) is 87.4 cm³/mol. The molecule has 4 N–H and O–H groups in total. The third-order valence-electron chi connectivity index (χ3n) is 3.87. The lowest BCUT2D eigenvalue weighted by Gasteiger charge is -2.20. The molecule has 0 unspecified atom stereocenters. The van der Waals surface area contributed by atoms with Crippen LogP contribution in [0.3, 0.4) is 0 Å². The molecule has 0 saturated heterocycles. The summed E-state index contributed by atoms with van der Waals surface area (Å²) in [6.07, 6.45) is 2.73. The van der Waals surface area contributed by atoms with Crippen molar-refractivity contribution >= 4 is 22.7 Å². The number of nitrogens with one attached hydrogen (secondary N) is 1. The number of aliphatic hydroxyl groups excluding tert-OH is 1. The highest BCUT2D eigenvalue weighted by atomic mass is 16.3. The molecule has 0 aliphatic carbocycles. The van der Waals surface area contributed by atoms with E-state index < -0.39 is 0 Å². The van der Waals surface area contributed by atoms with Gasteiger partial charge in [-0.3, -0.25) is 0 Å². The number of nitrogens with two attached hydrogens (primary N) is 1. The van der Waals surface area contributed by atoms with Crippen LogP contribution in [0.1, 0.15) is 37.3 Å². The zero-order valence-electron chi connectivity index (χ0n) is 13.0. The van der Waals surface area contributed by atoms with Gasteiger partial charge in [-0.15, -0.1) is 0 Å². The molecule has 0 saturated carbocycles. The normalized spacial score (nSPS) is 12.6. The van der Waals surface area contributed by atoms with Crippen molar-refractivity contribution in [2.45, 2.75) is 46.1 Å². The molecule has 1 atom stereocenters. The molecule has 0 amide bonds. The molecule has 2 rings (SSSR count). The summed E-state index contributed by atoms with van der Waals surface area (Å²) < 4.78 is 0. The number of anilines is 2. The van der Waals surface area contributed by atoms with Crippen molar-refractivity contribution in [2.24, 2.45) is 0 Å². The number of benzene rings is 1. The summed E-state index contributed by atoms with van der Waals surface area (Å²) in [5.74, 6) is 1.04. The van der Waals surface area contributed by atoms with Crippen molar-refractivity contribution < 1.29 is 5.11 Å². The van der Waals surface area contributed by atoms with Gasteiger partial charge in [0.05, 0.1) is 5.52 Å². The number of aliphatic hydroxyl groups is 1. The smallest absolute Gasteiger partial charge is 0.222 e. The van der Waals surface area contributed by atoms with Crippen LogP contribution in [0.2, 0.25) is 0 Å². The molecule has 21 heavy (non-hydrogen) atoms. The quantitative estimate of drug-likeness (QED) is 0.761. The molecule has 5 nitrogen and oxygen atoms in total. The first-order valence-corrected chi connectivity index (χ1v) is 7.47. The fraction of sp³-hybridized carbons (Fsp3) is 0.500. The molecular weight excluding hydrogens is 264 g/mol. The van der Waals surface area contributed by atoms with Crippen molar-refractivity contribution in [1.82, 2.24) is 9.97 Å². The molecule has 114 valence electrons. The number of rotatable bonds is 6. The first-order valence-electron chi connectivity index (χ1n) is 7.47. The van der Waals surface area contributed by atoms with E-state index in [4.69, 9.17) is 5.73 Å². The standard InChI is InChI=1S/C16H24N4O/c1-4-5-12(8-9-21)18-15-14-11(3)10(2)6-7-13(14)19-16(17)20-15/h6-7,12,21H,4-5,8-9H2,1-3H3,(H3,17,18,19,20)/t12-/m0/s1. The minimum Gasteiger partial charge on any atom is -0.396 e. The third kappa shape index (κ3) is 3.42. The van der Waals surface area contributed by atoms with Crippen LogP contribution in [-0.2, 0) is 0 Å². The molecule has 1 aromatic carbocycles. The van der Waals surface area contributed by atoms with Gasteiger partial charge in [0.25, 0.3) is 0 Å². The molecule has 0 radical (unpaired) electrons. The van der Waals surface area contributed by atoms with Crippen molar-refractivity contribution in [3.05, 3.63) is 23.3 Å². The van der Waals surface area contributed by atoms with Crippen LogP contribution < -0.4 is 11.1 Å². The second kappa shape index (κ2) is 6.72. The Hall–Kier alpha value is -1.88. The summed E-state index contributed by atoms with van der Waals surface area (Å²) >= 11 is 0. The Labute approximate surface area is 125 Å². The lowest BCUT2D eigenvalue weighted by molar-refractivity contribution is 0.276. The summed E-state index contributed by atoms with van der Waals surface area (Å²) in [5.41, 5.74) is 9.04. The molecule has 2 aromatic rings. The maximum atomic E-state index is 9.21. The summed E-state index contributed by atoms with van der Waals surface area (Å²) in [7, 11) is 0. The highest BCUT2D eigenvalue weighted by molar-refractivity contribution is 5.93. The highest BCUT2D eigenvalue weighted by Crippen LogP contribution is 2.28. The van der Waals surface area contributed by atoms with Crippen LogP contribution in [0.5, 0.6) is 0 Å². The van der Waals surface area contributed by atoms with Gasteiger partial charge in [-0.2, -0.15) is 4.98 Å². The average molecular weight is 288 g/mol. The van der Waals surface area contributed by atoms with Crippen molar-refractivity contribution in [1.29, 1.82) is 0 Å². The number of fused-ring (bicyclic) bond motifs is 1. The largest absolute Gasteiger partial charge is 0.396 e. The number of nitrogen functional groups attached to an aromatic ring is 1. The minimum atomic E-state index is 0.161. The molecule has 1 heterocycles. The molecule has 0 spiro atoms.